The highest BCUT2D eigenvalue weighted by Crippen LogP contribution is 2.25. The van der Waals surface area contributed by atoms with Gasteiger partial charge in [0.2, 0.25) is 5.82 Å². The van der Waals surface area contributed by atoms with E-state index in [2.05, 4.69) is 16.0 Å². The summed E-state index contributed by atoms with van der Waals surface area (Å²) in [6.45, 7) is 4.00. The third kappa shape index (κ3) is 1.93. The van der Waals surface area contributed by atoms with Crippen molar-refractivity contribution in [1.29, 1.82) is 0 Å². The Labute approximate surface area is 115 Å². The van der Waals surface area contributed by atoms with Gasteiger partial charge < -0.3 is 5.11 Å². The molecule has 0 radical (unpaired) electrons. The molecule has 3 rings (SSSR count). The van der Waals surface area contributed by atoms with Crippen molar-refractivity contribution in [3.8, 4) is 11.3 Å². The standard InChI is InChI=1S/C15H13N3O2/c1-9-6-10(2)8-11(7-9)12-13-16-4-3-5-18(13)14(17-12)15(19)20/h3-8H,1-2H3,(H,19,20). The first-order valence-electron chi connectivity index (χ1n) is 6.21. The molecule has 0 unspecified atom stereocenters. The number of hydrogen-bond acceptors (Lipinski definition) is 3. The Kier molecular flexibility index (Phi) is 2.75. The Morgan fingerprint density at radius 2 is 1.90 bits per heavy atom. The SMILES string of the molecule is Cc1cc(C)cc(-c2nc(C(=O)O)n3cccnc23)c1. The van der Waals surface area contributed by atoms with Crippen LogP contribution >= 0.6 is 0 Å². The van der Waals surface area contributed by atoms with Crippen LogP contribution in [0.15, 0.2) is 36.7 Å². The average molecular weight is 267 g/mol. The number of carboxylic acids is 1. The van der Waals surface area contributed by atoms with Gasteiger partial charge in [0.05, 0.1) is 0 Å². The Hall–Kier alpha value is -2.69. The number of benzene rings is 1. The maximum atomic E-state index is 11.3. The highest BCUT2D eigenvalue weighted by molar-refractivity contribution is 5.88. The minimum atomic E-state index is -1.07. The largest absolute Gasteiger partial charge is 0.475 e. The van der Waals surface area contributed by atoms with Gasteiger partial charge in [-0.2, -0.15) is 0 Å². The summed E-state index contributed by atoms with van der Waals surface area (Å²) in [5.74, 6) is -1.09. The Morgan fingerprint density at radius 3 is 2.55 bits per heavy atom. The summed E-state index contributed by atoms with van der Waals surface area (Å²) < 4.78 is 1.50. The monoisotopic (exact) mass is 267 g/mol. The van der Waals surface area contributed by atoms with E-state index in [4.69, 9.17) is 0 Å². The van der Waals surface area contributed by atoms with Gasteiger partial charge in [0, 0.05) is 18.0 Å². The molecule has 0 atom stereocenters. The van der Waals surface area contributed by atoms with Crippen molar-refractivity contribution in [2.75, 3.05) is 0 Å². The molecular formula is C15H13N3O2. The fourth-order valence-corrected chi connectivity index (χ4v) is 2.38. The molecule has 3 aromatic rings. The van der Waals surface area contributed by atoms with Crippen LogP contribution in [0.5, 0.6) is 0 Å². The minimum Gasteiger partial charge on any atom is -0.475 e. The third-order valence-corrected chi connectivity index (χ3v) is 3.09. The van der Waals surface area contributed by atoms with Gasteiger partial charge in [-0.15, -0.1) is 0 Å². The second kappa shape index (κ2) is 4.45. The molecule has 1 N–H and O–H groups in total. The highest BCUT2D eigenvalue weighted by Gasteiger charge is 2.18. The summed E-state index contributed by atoms with van der Waals surface area (Å²) in [6, 6.07) is 7.71. The lowest BCUT2D eigenvalue weighted by Crippen LogP contribution is -2.03. The molecule has 100 valence electrons. The van der Waals surface area contributed by atoms with E-state index < -0.39 is 5.97 Å². The molecule has 5 nitrogen and oxygen atoms in total. The molecule has 2 heterocycles. The predicted molar refractivity (Wildman–Crippen MR) is 74.9 cm³/mol. The zero-order valence-corrected chi connectivity index (χ0v) is 11.2. The van der Waals surface area contributed by atoms with Gasteiger partial charge in [-0.05, 0) is 32.0 Å². The summed E-state index contributed by atoms with van der Waals surface area (Å²) in [7, 11) is 0. The molecule has 0 bridgehead atoms. The Bertz CT molecular complexity index is 801. The van der Waals surface area contributed by atoms with Crippen LogP contribution in [-0.2, 0) is 0 Å². The van der Waals surface area contributed by atoms with E-state index in [-0.39, 0.29) is 5.82 Å². The van der Waals surface area contributed by atoms with Crippen LogP contribution < -0.4 is 0 Å². The summed E-state index contributed by atoms with van der Waals surface area (Å²) in [5, 5.41) is 9.24. The molecule has 0 saturated heterocycles. The van der Waals surface area contributed by atoms with Crippen LogP contribution in [-0.4, -0.2) is 25.4 Å². The minimum absolute atomic E-state index is 0.0257. The number of fused-ring (bicyclic) bond motifs is 1. The number of aromatic nitrogens is 3. The maximum absolute atomic E-state index is 11.3. The number of aryl methyl sites for hydroxylation is 2. The number of nitrogens with zero attached hydrogens (tertiary/aromatic N) is 3. The Morgan fingerprint density at radius 1 is 1.20 bits per heavy atom. The van der Waals surface area contributed by atoms with Crippen LogP contribution in [0.1, 0.15) is 21.7 Å². The molecule has 20 heavy (non-hydrogen) atoms. The lowest BCUT2D eigenvalue weighted by Gasteiger charge is -2.02. The molecule has 0 aliphatic rings. The topological polar surface area (TPSA) is 67.5 Å². The fourth-order valence-electron chi connectivity index (χ4n) is 2.38. The zero-order valence-electron chi connectivity index (χ0n) is 11.2. The van der Waals surface area contributed by atoms with Crippen molar-refractivity contribution in [3.63, 3.8) is 0 Å². The van der Waals surface area contributed by atoms with Crippen molar-refractivity contribution >= 4 is 11.6 Å². The van der Waals surface area contributed by atoms with E-state index in [9.17, 15) is 9.90 Å². The summed E-state index contributed by atoms with van der Waals surface area (Å²) in [5.41, 5.74) is 4.24. The van der Waals surface area contributed by atoms with Crippen LogP contribution in [0, 0.1) is 13.8 Å². The van der Waals surface area contributed by atoms with Gasteiger partial charge in [-0.25, -0.2) is 14.8 Å². The van der Waals surface area contributed by atoms with Crippen molar-refractivity contribution in [3.05, 3.63) is 53.6 Å². The molecule has 1 aromatic carbocycles. The number of rotatable bonds is 2. The molecular weight excluding hydrogens is 254 g/mol. The number of hydrogen-bond donors (Lipinski definition) is 1. The molecule has 0 spiro atoms. The second-order valence-corrected chi connectivity index (χ2v) is 4.78. The third-order valence-electron chi connectivity index (χ3n) is 3.09. The first kappa shape index (κ1) is 12.3. The van der Waals surface area contributed by atoms with Crippen LogP contribution in [0.3, 0.4) is 0 Å². The highest BCUT2D eigenvalue weighted by atomic mass is 16.4. The molecule has 0 aliphatic heterocycles. The average Bonchev–Trinajstić information content (AvgIpc) is 2.77. The van der Waals surface area contributed by atoms with Gasteiger partial charge in [0.1, 0.15) is 5.69 Å². The van der Waals surface area contributed by atoms with E-state index in [0.717, 1.165) is 16.7 Å². The van der Waals surface area contributed by atoms with E-state index in [0.29, 0.717) is 11.3 Å². The Balaban J connectivity index is 2.33. The number of carboxylic acid groups (broad SMARTS) is 1. The molecule has 0 saturated carbocycles. The molecule has 0 amide bonds. The predicted octanol–water partition coefficient (Wildman–Crippen LogP) is 2.71. The van der Waals surface area contributed by atoms with E-state index in [1.807, 2.05) is 26.0 Å². The first-order valence-corrected chi connectivity index (χ1v) is 6.21. The van der Waals surface area contributed by atoms with Crippen molar-refractivity contribution in [2.45, 2.75) is 13.8 Å². The first-order chi connectivity index (χ1) is 9.56. The number of imidazole rings is 1. The number of aromatic carboxylic acids is 1. The van der Waals surface area contributed by atoms with E-state index in [1.54, 1.807) is 18.5 Å². The summed E-state index contributed by atoms with van der Waals surface area (Å²) in [4.78, 5) is 19.8. The van der Waals surface area contributed by atoms with Crippen molar-refractivity contribution in [1.82, 2.24) is 14.4 Å². The van der Waals surface area contributed by atoms with Gasteiger partial charge >= 0.3 is 5.97 Å². The van der Waals surface area contributed by atoms with Crippen LogP contribution in [0.4, 0.5) is 0 Å². The van der Waals surface area contributed by atoms with E-state index >= 15 is 0 Å². The van der Waals surface area contributed by atoms with Gasteiger partial charge in [-0.1, -0.05) is 17.2 Å². The van der Waals surface area contributed by atoms with Crippen molar-refractivity contribution < 1.29 is 9.90 Å². The quantitative estimate of drug-likeness (QED) is 0.775. The lowest BCUT2D eigenvalue weighted by atomic mass is 10.1. The molecule has 0 fully saturated rings. The van der Waals surface area contributed by atoms with Gasteiger partial charge in [0.25, 0.3) is 0 Å². The van der Waals surface area contributed by atoms with Crippen LogP contribution in [0.25, 0.3) is 16.9 Å². The number of carbonyl (C=O) groups is 1. The maximum Gasteiger partial charge on any atom is 0.372 e. The molecule has 5 heteroatoms. The fraction of sp³-hybridized carbons (Fsp3) is 0.133. The molecule has 2 aromatic heterocycles. The lowest BCUT2D eigenvalue weighted by molar-refractivity contribution is 0.0683. The van der Waals surface area contributed by atoms with Gasteiger partial charge in [-0.3, -0.25) is 4.40 Å². The smallest absolute Gasteiger partial charge is 0.372 e. The van der Waals surface area contributed by atoms with Crippen molar-refractivity contribution in [2.24, 2.45) is 0 Å². The zero-order chi connectivity index (χ0) is 14.3. The van der Waals surface area contributed by atoms with Crippen LogP contribution in [0.2, 0.25) is 0 Å². The normalized spacial score (nSPS) is 10.9. The summed E-state index contributed by atoms with van der Waals surface area (Å²) >= 11 is 0. The second-order valence-electron chi connectivity index (χ2n) is 4.78. The van der Waals surface area contributed by atoms with E-state index in [1.165, 1.54) is 4.40 Å². The van der Waals surface area contributed by atoms with Gasteiger partial charge in [0.15, 0.2) is 5.65 Å². The molecule has 0 aliphatic carbocycles. The summed E-state index contributed by atoms with van der Waals surface area (Å²) in [6.07, 6.45) is 3.29.